The van der Waals surface area contributed by atoms with E-state index >= 15 is 0 Å². The maximum absolute atomic E-state index is 3.70. The van der Waals surface area contributed by atoms with E-state index in [4.69, 9.17) is 0 Å². The maximum Gasteiger partial charge on any atom is 0.00720 e. The highest BCUT2D eigenvalue weighted by atomic mass is 14.9. The van der Waals surface area contributed by atoms with Crippen molar-refractivity contribution in [3.63, 3.8) is 0 Å². The molecule has 0 heterocycles. The Morgan fingerprint density at radius 3 is 2.12 bits per heavy atom. The Labute approximate surface area is 103 Å². The number of rotatable bonds is 9. The van der Waals surface area contributed by atoms with Gasteiger partial charge in [0, 0.05) is 6.04 Å². The first-order valence-corrected chi connectivity index (χ1v) is 7.23. The SMILES string of the molecule is CCCCCCC(CC(C)(C)C)NCCC. The molecule has 0 bridgehead atoms. The van der Waals surface area contributed by atoms with Gasteiger partial charge in [0.25, 0.3) is 0 Å². The average molecular weight is 227 g/mol. The van der Waals surface area contributed by atoms with Crippen LogP contribution < -0.4 is 5.32 Å². The molecule has 0 rings (SSSR count). The largest absolute Gasteiger partial charge is 0.314 e. The van der Waals surface area contributed by atoms with E-state index in [9.17, 15) is 0 Å². The summed E-state index contributed by atoms with van der Waals surface area (Å²) in [6.07, 6.45) is 9.45. The van der Waals surface area contributed by atoms with Crippen LogP contribution in [0.3, 0.4) is 0 Å². The molecule has 16 heavy (non-hydrogen) atoms. The van der Waals surface area contributed by atoms with E-state index < -0.39 is 0 Å². The Hall–Kier alpha value is -0.0400. The molecule has 1 atom stereocenters. The summed E-state index contributed by atoms with van der Waals surface area (Å²) in [4.78, 5) is 0. The zero-order valence-corrected chi connectivity index (χ0v) is 12.2. The molecule has 0 aliphatic rings. The lowest BCUT2D eigenvalue weighted by molar-refractivity contribution is 0.293. The fraction of sp³-hybridized carbons (Fsp3) is 1.00. The molecule has 0 amide bonds. The van der Waals surface area contributed by atoms with E-state index in [0.29, 0.717) is 5.41 Å². The quantitative estimate of drug-likeness (QED) is 0.560. The third kappa shape index (κ3) is 10.5. The van der Waals surface area contributed by atoms with Gasteiger partial charge in [-0.3, -0.25) is 0 Å². The molecule has 0 aromatic heterocycles. The van der Waals surface area contributed by atoms with Crippen LogP contribution in [-0.2, 0) is 0 Å². The predicted molar refractivity (Wildman–Crippen MR) is 74.9 cm³/mol. The molecular formula is C15H33N. The molecule has 1 nitrogen and oxygen atoms in total. The van der Waals surface area contributed by atoms with Gasteiger partial charge < -0.3 is 5.32 Å². The summed E-state index contributed by atoms with van der Waals surface area (Å²) < 4.78 is 0. The van der Waals surface area contributed by atoms with Crippen molar-refractivity contribution in [2.45, 2.75) is 85.6 Å². The lowest BCUT2D eigenvalue weighted by atomic mass is 9.86. The van der Waals surface area contributed by atoms with Gasteiger partial charge >= 0.3 is 0 Å². The smallest absolute Gasteiger partial charge is 0.00720 e. The van der Waals surface area contributed by atoms with Gasteiger partial charge in [-0.05, 0) is 31.2 Å². The summed E-state index contributed by atoms with van der Waals surface area (Å²) in [5.74, 6) is 0. The van der Waals surface area contributed by atoms with E-state index in [0.717, 1.165) is 6.04 Å². The summed E-state index contributed by atoms with van der Waals surface area (Å²) in [5.41, 5.74) is 0.455. The molecule has 1 heteroatoms. The van der Waals surface area contributed by atoms with Crippen LogP contribution in [0.25, 0.3) is 0 Å². The van der Waals surface area contributed by atoms with Gasteiger partial charge in [-0.1, -0.05) is 60.3 Å². The van der Waals surface area contributed by atoms with Crippen LogP contribution in [0.15, 0.2) is 0 Å². The van der Waals surface area contributed by atoms with Crippen molar-refractivity contribution in [1.82, 2.24) is 5.32 Å². The minimum Gasteiger partial charge on any atom is -0.314 e. The Bertz CT molecular complexity index is 146. The third-order valence-corrected chi connectivity index (χ3v) is 2.95. The molecule has 1 unspecified atom stereocenters. The van der Waals surface area contributed by atoms with Crippen LogP contribution in [0.5, 0.6) is 0 Å². The molecule has 98 valence electrons. The van der Waals surface area contributed by atoms with Gasteiger partial charge in [-0.2, -0.15) is 0 Å². The van der Waals surface area contributed by atoms with Crippen LogP contribution in [0.2, 0.25) is 0 Å². The third-order valence-electron chi connectivity index (χ3n) is 2.95. The monoisotopic (exact) mass is 227 g/mol. The molecule has 0 aromatic carbocycles. The van der Waals surface area contributed by atoms with Crippen molar-refractivity contribution in [3.8, 4) is 0 Å². The van der Waals surface area contributed by atoms with Crippen LogP contribution in [0.4, 0.5) is 0 Å². The molecule has 0 saturated heterocycles. The van der Waals surface area contributed by atoms with Crippen LogP contribution in [0, 0.1) is 5.41 Å². The highest BCUT2D eigenvalue weighted by Gasteiger charge is 2.17. The van der Waals surface area contributed by atoms with E-state index in [1.54, 1.807) is 0 Å². The van der Waals surface area contributed by atoms with Gasteiger partial charge in [-0.15, -0.1) is 0 Å². The summed E-state index contributed by atoms with van der Waals surface area (Å²) in [5, 5.41) is 3.70. The molecule has 0 aliphatic heterocycles. The first-order chi connectivity index (χ1) is 7.49. The fourth-order valence-electron chi connectivity index (χ4n) is 2.18. The molecule has 0 saturated carbocycles. The topological polar surface area (TPSA) is 12.0 Å². The highest BCUT2D eigenvalue weighted by molar-refractivity contribution is 4.74. The number of unbranched alkanes of at least 4 members (excludes halogenated alkanes) is 3. The number of hydrogen-bond donors (Lipinski definition) is 1. The highest BCUT2D eigenvalue weighted by Crippen LogP contribution is 2.23. The summed E-state index contributed by atoms with van der Waals surface area (Å²) in [6, 6.07) is 0.733. The van der Waals surface area contributed by atoms with Crippen molar-refractivity contribution >= 4 is 0 Å². The summed E-state index contributed by atoms with van der Waals surface area (Å²) in [7, 11) is 0. The first kappa shape index (κ1) is 16.0. The molecule has 1 N–H and O–H groups in total. The van der Waals surface area contributed by atoms with Gasteiger partial charge in [0.05, 0.1) is 0 Å². The molecule has 0 aliphatic carbocycles. The van der Waals surface area contributed by atoms with Gasteiger partial charge in [0.1, 0.15) is 0 Å². The molecule has 0 fully saturated rings. The van der Waals surface area contributed by atoms with E-state index in [2.05, 4.69) is 39.9 Å². The second kappa shape index (κ2) is 9.04. The van der Waals surface area contributed by atoms with Crippen molar-refractivity contribution in [1.29, 1.82) is 0 Å². The summed E-state index contributed by atoms with van der Waals surface area (Å²) in [6.45, 7) is 12.7. The van der Waals surface area contributed by atoms with Crippen molar-refractivity contribution in [2.75, 3.05) is 6.54 Å². The zero-order chi connectivity index (χ0) is 12.4. The number of hydrogen-bond acceptors (Lipinski definition) is 1. The van der Waals surface area contributed by atoms with Crippen molar-refractivity contribution in [3.05, 3.63) is 0 Å². The second-order valence-corrected chi connectivity index (χ2v) is 6.27. The minimum atomic E-state index is 0.455. The normalized spacial score (nSPS) is 14.1. The number of nitrogens with one attached hydrogen (secondary N) is 1. The minimum absolute atomic E-state index is 0.455. The second-order valence-electron chi connectivity index (χ2n) is 6.27. The van der Waals surface area contributed by atoms with E-state index in [-0.39, 0.29) is 0 Å². The van der Waals surface area contributed by atoms with Gasteiger partial charge in [0.15, 0.2) is 0 Å². The van der Waals surface area contributed by atoms with Crippen molar-refractivity contribution < 1.29 is 0 Å². The van der Waals surface area contributed by atoms with Crippen LogP contribution in [0.1, 0.15) is 79.6 Å². The Balaban J connectivity index is 3.81. The lowest BCUT2D eigenvalue weighted by Gasteiger charge is -2.27. The Morgan fingerprint density at radius 1 is 0.938 bits per heavy atom. The molecule has 0 radical (unpaired) electrons. The standard InChI is InChI=1S/C15H33N/c1-6-8-9-10-11-14(16-12-7-2)13-15(3,4)5/h14,16H,6-13H2,1-5H3. The fourth-order valence-corrected chi connectivity index (χ4v) is 2.18. The zero-order valence-electron chi connectivity index (χ0n) is 12.2. The summed E-state index contributed by atoms with van der Waals surface area (Å²) >= 11 is 0. The average Bonchev–Trinajstić information content (AvgIpc) is 2.18. The van der Waals surface area contributed by atoms with E-state index in [1.165, 1.54) is 51.5 Å². The van der Waals surface area contributed by atoms with Crippen LogP contribution >= 0.6 is 0 Å². The molecule has 0 aromatic rings. The Kier molecular flexibility index (Phi) is 9.02. The maximum atomic E-state index is 3.70. The first-order valence-electron chi connectivity index (χ1n) is 7.23. The molecule has 0 spiro atoms. The lowest BCUT2D eigenvalue weighted by Crippen LogP contribution is -2.33. The molecular weight excluding hydrogens is 194 g/mol. The van der Waals surface area contributed by atoms with E-state index in [1.807, 2.05) is 0 Å². The van der Waals surface area contributed by atoms with Crippen molar-refractivity contribution in [2.24, 2.45) is 5.41 Å². The Morgan fingerprint density at radius 2 is 1.62 bits per heavy atom. The van der Waals surface area contributed by atoms with Gasteiger partial charge in [-0.25, -0.2) is 0 Å². The predicted octanol–water partition coefficient (Wildman–Crippen LogP) is 4.76. The van der Waals surface area contributed by atoms with Gasteiger partial charge in [0.2, 0.25) is 0 Å². The van der Waals surface area contributed by atoms with Crippen LogP contribution in [-0.4, -0.2) is 12.6 Å².